The molecule has 2 aromatic heterocycles. The molecule has 0 amide bonds. The Morgan fingerprint density at radius 1 is 1.70 bits per heavy atom. The van der Waals surface area contributed by atoms with Gasteiger partial charge in [0, 0.05) is 6.04 Å². The van der Waals surface area contributed by atoms with E-state index in [9.17, 15) is 15.2 Å². The summed E-state index contributed by atoms with van der Waals surface area (Å²) >= 11 is 0. The molecule has 1 fully saturated rings. The molecule has 2 aromatic rings. The molecule has 8 heteroatoms. The number of fused-ring (bicyclic) bond motifs is 1. The number of H-pyrrole nitrogens is 1. The molecule has 1 aliphatic rings. The maximum Gasteiger partial charge on any atom is 0.280 e. The van der Waals surface area contributed by atoms with E-state index in [4.69, 9.17) is 5.73 Å². The Morgan fingerprint density at radius 2 is 2.45 bits per heavy atom. The second-order valence-corrected chi connectivity index (χ2v) is 5.41. The highest BCUT2D eigenvalue weighted by molar-refractivity contribution is 5.70. The van der Waals surface area contributed by atoms with Gasteiger partial charge < -0.3 is 15.4 Å². The quantitative estimate of drug-likeness (QED) is 0.666. The van der Waals surface area contributed by atoms with Crippen LogP contribution in [-0.4, -0.2) is 30.7 Å². The third-order valence-electron chi connectivity index (χ3n) is 3.99. The molecule has 0 radical (unpaired) electrons. The van der Waals surface area contributed by atoms with Gasteiger partial charge in [-0.2, -0.15) is 10.2 Å². The smallest absolute Gasteiger partial charge is 0.280 e. The van der Waals surface area contributed by atoms with Crippen molar-refractivity contribution in [2.24, 2.45) is 5.41 Å². The first-order valence-electron chi connectivity index (χ1n) is 6.26. The van der Waals surface area contributed by atoms with Gasteiger partial charge in [-0.25, -0.2) is 4.98 Å². The number of nitrogens with zero attached hydrogens (tertiary/aromatic N) is 4. The first-order valence-corrected chi connectivity index (χ1v) is 6.26. The number of hydrogen-bond donors (Lipinski definition) is 3. The van der Waals surface area contributed by atoms with Crippen LogP contribution < -0.4 is 11.3 Å². The molecule has 0 aliphatic heterocycles. The monoisotopic (exact) mass is 274 g/mol. The highest BCUT2D eigenvalue weighted by atomic mass is 16.3. The van der Waals surface area contributed by atoms with E-state index >= 15 is 0 Å². The zero-order valence-corrected chi connectivity index (χ0v) is 10.9. The number of nitrogens with one attached hydrogen (secondary N) is 1. The number of aromatic nitrogens is 4. The second-order valence-electron chi connectivity index (χ2n) is 5.41. The Morgan fingerprint density at radius 3 is 3.10 bits per heavy atom. The van der Waals surface area contributed by atoms with Crippen LogP contribution in [0.5, 0.6) is 0 Å². The highest BCUT2D eigenvalue weighted by Gasteiger charge is 2.44. The number of aliphatic hydroxyl groups is 1. The third-order valence-corrected chi connectivity index (χ3v) is 3.99. The lowest BCUT2D eigenvalue weighted by Crippen LogP contribution is -2.23. The summed E-state index contributed by atoms with van der Waals surface area (Å²) in [7, 11) is 0. The maximum absolute atomic E-state index is 11.7. The number of anilines is 1. The van der Waals surface area contributed by atoms with Gasteiger partial charge in [-0.3, -0.25) is 9.78 Å². The van der Waals surface area contributed by atoms with Crippen molar-refractivity contribution in [2.45, 2.75) is 31.9 Å². The van der Waals surface area contributed by atoms with Crippen molar-refractivity contribution in [3.63, 3.8) is 0 Å². The summed E-state index contributed by atoms with van der Waals surface area (Å²) < 4.78 is 1.72. The molecular formula is C12H14N6O2. The first-order chi connectivity index (χ1) is 9.44. The van der Waals surface area contributed by atoms with Gasteiger partial charge in [0.15, 0.2) is 11.2 Å². The van der Waals surface area contributed by atoms with Gasteiger partial charge in [-0.15, -0.1) is 0 Å². The topological polar surface area (TPSA) is 134 Å². The van der Waals surface area contributed by atoms with Crippen molar-refractivity contribution in [2.75, 3.05) is 5.73 Å². The largest absolute Gasteiger partial charge is 0.391 e. The molecular weight excluding hydrogens is 260 g/mol. The van der Waals surface area contributed by atoms with E-state index in [2.05, 4.69) is 21.0 Å². The summed E-state index contributed by atoms with van der Waals surface area (Å²) in [5, 5.41) is 19.2. The van der Waals surface area contributed by atoms with Crippen LogP contribution in [0.2, 0.25) is 0 Å². The predicted molar refractivity (Wildman–Crippen MR) is 70.6 cm³/mol. The second kappa shape index (κ2) is 4.05. The number of imidazole rings is 1. The van der Waals surface area contributed by atoms with Crippen molar-refractivity contribution >= 4 is 17.1 Å². The molecule has 1 saturated carbocycles. The predicted octanol–water partition coefficient (Wildman–Crippen LogP) is -0.0725. The average molecular weight is 274 g/mol. The summed E-state index contributed by atoms with van der Waals surface area (Å²) in [5.41, 5.74) is 4.94. The van der Waals surface area contributed by atoms with E-state index in [1.54, 1.807) is 11.5 Å². The number of aromatic amines is 1. The molecule has 0 bridgehead atoms. The average Bonchev–Trinajstić information content (AvgIpc) is 2.92. The number of nitriles is 1. The molecule has 0 spiro atoms. The zero-order valence-electron chi connectivity index (χ0n) is 10.9. The highest BCUT2D eigenvalue weighted by Crippen LogP contribution is 2.44. The third kappa shape index (κ3) is 1.67. The van der Waals surface area contributed by atoms with Gasteiger partial charge in [-0.1, -0.05) is 0 Å². The van der Waals surface area contributed by atoms with E-state index < -0.39 is 17.1 Å². The van der Waals surface area contributed by atoms with Gasteiger partial charge in [0.1, 0.15) is 0 Å². The fraction of sp³-hybridized carbons (Fsp3) is 0.500. The maximum atomic E-state index is 11.7. The minimum absolute atomic E-state index is 0.0193. The SMILES string of the molecule is C[C@@]1(C#N)C[C@@H](n2cnc3c(=O)[nH]c(N)nc32)C[C@@H]1O. The Hall–Kier alpha value is -2.40. The van der Waals surface area contributed by atoms with E-state index in [0.29, 0.717) is 18.5 Å². The molecule has 3 rings (SSSR count). The van der Waals surface area contributed by atoms with Gasteiger partial charge in [-0.05, 0) is 19.8 Å². The molecule has 8 nitrogen and oxygen atoms in total. The van der Waals surface area contributed by atoms with Crippen LogP contribution in [0.4, 0.5) is 5.95 Å². The fourth-order valence-corrected chi connectivity index (χ4v) is 2.77. The summed E-state index contributed by atoms with van der Waals surface area (Å²) in [6, 6.07) is 2.02. The van der Waals surface area contributed by atoms with Crippen LogP contribution in [0.25, 0.3) is 11.2 Å². The standard InChI is InChI=1S/C12H14N6O2/c1-12(4-13)3-6(2-7(12)19)18-5-15-8-9(18)16-11(14)17-10(8)20/h5-7,19H,2-3H2,1H3,(H3,14,16,17,20)/t6-,7-,12-/m0/s1. The number of nitrogen functional groups attached to an aromatic ring is 1. The number of aliphatic hydroxyl groups excluding tert-OH is 1. The summed E-state index contributed by atoms with van der Waals surface area (Å²) in [6.07, 6.45) is 1.69. The van der Waals surface area contributed by atoms with E-state index in [1.807, 2.05) is 0 Å². The normalized spacial score (nSPS) is 29.6. The number of nitrogens with two attached hydrogens (primary N) is 1. The number of hydrogen-bond acceptors (Lipinski definition) is 6. The van der Waals surface area contributed by atoms with Gasteiger partial charge in [0.25, 0.3) is 5.56 Å². The molecule has 20 heavy (non-hydrogen) atoms. The molecule has 2 heterocycles. The van der Waals surface area contributed by atoms with Crippen LogP contribution >= 0.6 is 0 Å². The minimum Gasteiger partial charge on any atom is -0.391 e. The van der Waals surface area contributed by atoms with Crippen molar-refractivity contribution < 1.29 is 5.11 Å². The molecule has 104 valence electrons. The molecule has 1 aliphatic carbocycles. The Labute approximate surface area is 113 Å². The first kappa shape index (κ1) is 12.6. The van der Waals surface area contributed by atoms with Crippen LogP contribution in [0.1, 0.15) is 25.8 Å². The van der Waals surface area contributed by atoms with Gasteiger partial charge in [0.05, 0.1) is 23.9 Å². The molecule has 3 atom stereocenters. The Bertz CT molecular complexity index is 772. The lowest BCUT2D eigenvalue weighted by atomic mass is 9.88. The number of rotatable bonds is 1. The van der Waals surface area contributed by atoms with Gasteiger partial charge in [0.2, 0.25) is 5.95 Å². The Balaban J connectivity index is 2.09. The van der Waals surface area contributed by atoms with Crippen molar-refractivity contribution in [3.8, 4) is 6.07 Å². The van der Waals surface area contributed by atoms with Crippen LogP contribution in [0.3, 0.4) is 0 Å². The molecule has 4 N–H and O–H groups in total. The van der Waals surface area contributed by atoms with E-state index in [1.165, 1.54) is 6.33 Å². The van der Waals surface area contributed by atoms with Crippen LogP contribution in [0, 0.1) is 16.7 Å². The molecule has 0 unspecified atom stereocenters. The van der Waals surface area contributed by atoms with Crippen molar-refractivity contribution in [3.05, 3.63) is 16.7 Å². The summed E-state index contributed by atoms with van der Waals surface area (Å²) in [6.45, 7) is 1.73. The zero-order chi connectivity index (χ0) is 14.5. The fourth-order valence-electron chi connectivity index (χ4n) is 2.77. The van der Waals surface area contributed by atoms with Crippen LogP contribution in [0.15, 0.2) is 11.1 Å². The Kier molecular flexibility index (Phi) is 2.55. The van der Waals surface area contributed by atoms with Gasteiger partial charge >= 0.3 is 0 Å². The summed E-state index contributed by atoms with van der Waals surface area (Å²) in [5.74, 6) is 0.0193. The molecule has 0 aromatic carbocycles. The van der Waals surface area contributed by atoms with Crippen LogP contribution in [-0.2, 0) is 0 Å². The lowest BCUT2D eigenvalue weighted by Gasteiger charge is -2.17. The lowest BCUT2D eigenvalue weighted by molar-refractivity contribution is 0.103. The van der Waals surface area contributed by atoms with Crippen molar-refractivity contribution in [1.29, 1.82) is 5.26 Å². The van der Waals surface area contributed by atoms with E-state index in [0.717, 1.165) is 0 Å². The minimum atomic E-state index is -0.798. The van der Waals surface area contributed by atoms with Crippen molar-refractivity contribution in [1.82, 2.24) is 19.5 Å². The van der Waals surface area contributed by atoms with E-state index in [-0.39, 0.29) is 17.5 Å². The molecule has 0 saturated heterocycles. The summed E-state index contributed by atoms with van der Waals surface area (Å²) in [4.78, 5) is 22.2.